The van der Waals surface area contributed by atoms with Crippen LogP contribution in [0, 0.1) is 12.8 Å². The third kappa shape index (κ3) is 3.67. The Labute approximate surface area is 173 Å². The molecule has 4 rings (SSSR count). The number of ether oxygens (including phenoxy) is 3. The van der Waals surface area contributed by atoms with E-state index in [0.29, 0.717) is 36.0 Å². The van der Waals surface area contributed by atoms with Gasteiger partial charge in [-0.15, -0.1) is 0 Å². The van der Waals surface area contributed by atoms with Crippen molar-refractivity contribution in [2.24, 2.45) is 5.92 Å². The maximum absolute atomic E-state index is 12.7. The molecule has 0 atom stereocenters. The Morgan fingerprint density at radius 3 is 2.41 bits per heavy atom. The Morgan fingerprint density at radius 1 is 1.10 bits per heavy atom. The number of aryl methyl sites for hydroxylation is 1. The largest absolute Gasteiger partial charge is 0.493 e. The van der Waals surface area contributed by atoms with Crippen LogP contribution in [0.25, 0.3) is 10.2 Å². The molecule has 3 aromatic rings. The van der Waals surface area contributed by atoms with Gasteiger partial charge in [-0.25, -0.2) is 4.98 Å². The van der Waals surface area contributed by atoms with Crippen LogP contribution in [0.1, 0.15) is 5.56 Å². The number of anilines is 2. The molecule has 8 heteroatoms. The van der Waals surface area contributed by atoms with E-state index >= 15 is 0 Å². The average Bonchev–Trinajstić information content (AvgIpc) is 3.08. The van der Waals surface area contributed by atoms with Crippen molar-refractivity contribution in [3.8, 4) is 17.2 Å². The molecule has 2 aromatic carbocycles. The first-order chi connectivity index (χ1) is 14.0. The number of nitrogens with zero attached hydrogens (tertiary/aromatic N) is 2. The number of fused-ring (bicyclic) bond motifs is 1. The molecule has 0 radical (unpaired) electrons. The molecule has 0 bridgehead atoms. The fraction of sp³-hybridized carbons (Fsp3) is 0.333. The third-order valence-electron chi connectivity index (χ3n) is 4.99. The van der Waals surface area contributed by atoms with Gasteiger partial charge in [-0.05, 0) is 24.6 Å². The van der Waals surface area contributed by atoms with Crippen LogP contribution in [0.4, 0.5) is 10.8 Å². The maximum Gasteiger partial charge on any atom is 0.231 e. The Kier molecular flexibility index (Phi) is 5.19. The second kappa shape index (κ2) is 7.79. The van der Waals surface area contributed by atoms with Crippen LogP contribution in [0.15, 0.2) is 30.3 Å². The number of thiazole rings is 1. The van der Waals surface area contributed by atoms with E-state index in [1.165, 1.54) is 10.3 Å². The number of carbonyl (C=O) groups is 1. The third-order valence-corrected chi connectivity index (χ3v) is 6.07. The maximum atomic E-state index is 12.7. The number of methoxy groups -OCH3 is 3. The quantitative estimate of drug-likeness (QED) is 0.664. The van der Waals surface area contributed by atoms with Crippen molar-refractivity contribution in [1.29, 1.82) is 0 Å². The number of amides is 1. The second-order valence-corrected chi connectivity index (χ2v) is 7.98. The van der Waals surface area contributed by atoms with Crippen LogP contribution in [-0.2, 0) is 4.79 Å². The first-order valence-corrected chi connectivity index (χ1v) is 10.1. The molecular weight excluding hydrogens is 390 g/mol. The molecule has 0 aliphatic carbocycles. The highest BCUT2D eigenvalue weighted by molar-refractivity contribution is 7.22. The number of carbonyl (C=O) groups excluding carboxylic acids is 1. The standard InChI is InChI=1S/C21H23N3O4S/c1-12-5-6-15-18(7-12)29-21(23-15)24-10-13(11-24)20(25)22-14-8-16(26-2)19(28-4)17(9-14)27-3/h5-9,13H,10-11H2,1-4H3,(H,22,25). The van der Waals surface area contributed by atoms with Gasteiger partial charge in [0.05, 0.1) is 37.5 Å². The lowest BCUT2D eigenvalue weighted by atomic mass is 10.00. The van der Waals surface area contributed by atoms with Crippen LogP contribution in [0.5, 0.6) is 17.2 Å². The summed E-state index contributed by atoms with van der Waals surface area (Å²) >= 11 is 1.66. The molecular formula is C21H23N3O4S. The molecule has 1 aliphatic rings. The molecule has 0 unspecified atom stereocenters. The summed E-state index contributed by atoms with van der Waals surface area (Å²) in [5.41, 5.74) is 2.83. The van der Waals surface area contributed by atoms with Crippen molar-refractivity contribution in [3.05, 3.63) is 35.9 Å². The van der Waals surface area contributed by atoms with Crippen LogP contribution < -0.4 is 24.4 Å². The van der Waals surface area contributed by atoms with E-state index in [2.05, 4.69) is 34.3 Å². The van der Waals surface area contributed by atoms with Gasteiger partial charge < -0.3 is 24.4 Å². The van der Waals surface area contributed by atoms with Gasteiger partial charge in [-0.1, -0.05) is 17.4 Å². The number of aromatic nitrogens is 1. The van der Waals surface area contributed by atoms with Gasteiger partial charge >= 0.3 is 0 Å². The van der Waals surface area contributed by atoms with Crippen LogP contribution in [-0.4, -0.2) is 45.3 Å². The van der Waals surface area contributed by atoms with Gasteiger partial charge in [0.1, 0.15) is 0 Å². The lowest BCUT2D eigenvalue weighted by molar-refractivity contribution is -0.120. The summed E-state index contributed by atoms with van der Waals surface area (Å²) in [5.74, 6) is 1.37. The minimum atomic E-state index is -0.0946. The molecule has 7 nitrogen and oxygen atoms in total. The number of nitrogens with one attached hydrogen (secondary N) is 1. The number of hydrogen-bond donors (Lipinski definition) is 1. The summed E-state index contributed by atoms with van der Waals surface area (Å²) in [6.45, 7) is 3.37. The highest BCUT2D eigenvalue weighted by Gasteiger charge is 2.34. The minimum absolute atomic E-state index is 0.0347. The van der Waals surface area contributed by atoms with Gasteiger partial charge in [0, 0.05) is 30.9 Å². The minimum Gasteiger partial charge on any atom is -0.493 e. The fourth-order valence-electron chi connectivity index (χ4n) is 3.35. The number of rotatable bonds is 6. The lowest BCUT2D eigenvalue weighted by Gasteiger charge is -2.37. The van der Waals surface area contributed by atoms with Crippen molar-refractivity contribution in [2.45, 2.75) is 6.92 Å². The van der Waals surface area contributed by atoms with Crippen molar-refractivity contribution in [3.63, 3.8) is 0 Å². The van der Waals surface area contributed by atoms with Crippen molar-refractivity contribution >= 4 is 38.3 Å². The zero-order valence-corrected chi connectivity index (χ0v) is 17.6. The summed E-state index contributed by atoms with van der Waals surface area (Å²) < 4.78 is 17.2. The van der Waals surface area contributed by atoms with Gasteiger partial charge in [-0.3, -0.25) is 4.79 Å². The monoisotopic (exact) mass is 413 g/mol. The Balaban J connectivity index is 1.43. The molecule has 0 saturated carbocycles. The molecule has 1 saturated heterocycles. The summed E-state index contributed by atoms with van der Waals surface area (Å²) in [5, 5.41) is 3.91. The Hall–Kier alpha value is -3.00. The summed E-state index contributed by atoms with van der Waals surface area (Å²) in [7, 11) is 4.64. The fourth-order valence-corrected chi connectivity index (χ4v) is 4.44. The molecule has 0 spiro atoms. The first-order valence-electron chi connectivity index (χ1n) is 9.25. The van der Waals surface area contributed by atoms with Crippen LogP contribution in [0.2, 0.25) is 0 Å². The molecule has 152 valence electrons. The van der Waals surface area contributed by atoms with Gasteiger partial charge in [0.15, 0.2) is 16.6 Å². The van der Waals surface area contributed by atoms with E-state index in [1.807, 2.05) is 6.07 Å². The highest BCUT2D eigenvalue weighted by Crippen LogP contribution is 2.40. The summed E-state index contributed by atoms with van der Waals surface area (Å²) in [6.07, 6.45) is 0. The first kappa shape index (κ1) is 19.3. The van der Waals surface area contributed by atoms with E-state index < -0.39 is 0 Å². The smallest absolute Gasteiger partial charge is 0.231 e. The van der Waals surface area contributed by atoms with Gasteiger partial charge in [-0.2, -0.15) is 0 Å². The molecule has 2 heterocycles. The number of benzene rings is 2. The SMILES string of the molecule is COc1cc(NC(=O)C2CN(c3nc4ccc(C)cc4s3)C2)cc(OC)c1OC. The van der Waals surface area contributed by atoms with Crippen LogP contribution in [0.3, 0.4) is 0 Å². The average molecular weight is 413 g/mol. The van der Waals surface area contributed by atoms with E-state index in [4.69, 9.17) is 14.2 Å². The Morgan fingerprint density at radius 2 is 1.79 bits per heavy atom. The van der Waals surface area contributed by atoms with Crippen LogP contribution >= 0.6 is 11.3 Å². The lowest BCUT2D eigenvalue weighted by Crippen LogP contribution is -2.52. The van der Waals surface area contributed by atoms with Gasteiger partial charge in [0.2, 0.25) is 11.7 Å². The molecule has 1 aromatic heterocycles. The summed E-state index contributed by atoms with van der Waals surface area (Å²) in [4.78, 5) is 19.5. The van der Waals surface area contributed by atoms with E-state index in [1.54, 1.807) is 44.8 Å². The zero-order valence-electron chi connectivity index (χ0n) is 16.8. The highest BCUT2D eigenvalue weighted by atomic mass is 32.1. The van der Waals surface area contributed by atoms with Gasteiger partial charge in [0.25, 0.3) is 0 Å². The van der Waals surface area contributed by atoms with E-state index in [-0.39, 0.29) is 11.8 Å². The van der Waals surface area contributed by atoms with Crippen molar-refractivity contribution < 1.29 is 19.0 Å². The molecule has 29 heavy (non-hydrogen) atoms. The normalized spacial score (nSPS) is 13.9. The molecule has 1 N–H and O–H groups in total. The Bertz CT molecular complexity index is 1030. The van der Waals surface area contributed by atoms with Crippen molar-refractivity contribution in [2.75, 3.05) is 44.6 Å². The second-order valence-electron chi connectivity index (χ2n) is 6.97. The molecule has 1 aliphatic heterocycles. The number of hydrogen-bond acceptors (Lipinski definition) is 7. The predicted octanol–water partition coefficient (Wildman–Crippen LogP) is 3.71. The zero-order chi connectivity index (χ0) is 20.5. The predicted molar refractivity (Wildman–Crippen MR) is 115 cm³/mol. The van der Waals surface area contributed by atoms with Crippen molar-refractivity contribution in [1.82, 2.24) is 4.98 Å². The van der Waals surface area contributed by atoms with E-state index in [0.717, 1.165) is 10.6 Å². The summed E-state index contributed by atoms with van der Waals surface area (Å²) in [6, 6.07) is 9.71. The topological polar surface area (TPSA) is 72.9 Å². The molecule has 1 amide bonds. The van der Waals surface area contributed by atoms with E-state index in [9.17, 15) is 4.79 Å². The molecule has 1 fully saturated rings.